The van der Waals surface area contributed by atoms with Crippen LogP contribution in [0.15, 0.2) is 60.7 Å². The summed E-state index contributed by atoms with van der Waals surface area (Å²) in [6.07, 6.45) is 1.48. The van der Waals surface area contributed by atoms with Crippen LogP contribution in [0.4, 0.5) is 0 Å². The fourth-order valence-corrected chi connectivity index (χ4v) is 3.18. The van der Waals surface area contributed by atoms with E-state index < -0.39 is 11.9 Å². The predicted octanol–water partition coefficient (Wildman–Crippen LogP) is 4.70. The smallest absolute Gasteiger partial charge is 0.333 e. The zero-order chi connectivity index (χ0) is 24.4. The molecule has 1 N–H and O–H groups in total. The number of aliphatic hydroxyl groups excluding tert-OH is 1. The molecule has 0 aliphatic rings. The molecule has 0 saturated carbocycles. The first-order valence-electron chi connectivity index (χ1n) is 10.8. The Hall–Kier alpha value is -3.38. The van der Waals surface area contributed by atoms with Gasteiger partial charge in [0.25, 0.3) is 0 Å². The maximum atomic E-state index is 12.0. The molecule has 0 fully saturated rings. The highest BCUT2D eigenvalue weighted by atomic mass is 16.6. The summed E-state index contributed by atoms with van der Waals surface area (Å²) in [6.45, 7) is 12.8. The molecule has 2 aromatic rings. The Kier molecular flexibility index (Phi) is 9.88. The maximum Gasteiger partial charge on any atom is 0.333 e. The Morgan fingerprint density at radius 3 is 2.18 bits per heavy atom. The summed E-state index contributed by atoms with van der Waals surface area (Å²) in [6, 6.07) is 11.8. The van der Waals surface area contributed by atoms with Crippen LogP contribution in [0.2, 0.25) is 0 Å². The Bertz CT molecular complexity index is 1000. The van der Waals surface area contributed by atoms with Crippen LogP contribution in [0, 0.1) is 6.92 Å². The third kappa shape index (κ3) is 7.91. The van der Waals surface area contributed by atoms with Gasteiger partial charge >= 0.3 is 11.9 Å². The molecule has 0 unspecified atom stereocenters. The van der Waals surface area contributed by atoms with Gasteiger partial charge in [0.2, 0.25) is 0 Å². The molecule has 0 aliphatic carbocycles. The number of carbonyl (C=O) groups excluding carboxylic acids is 2. The van der Waals surface area contributed by atoms with Gasteiger partial charge in [0, 0.05) is 28.9 Å². The van der Waals surface area contributed by atoms with Crippen LogP contribution in [0.25, 0.3) is 11.1 Å². The molecule has 0 spiro atoms. The van der Waals surface area contributed by atoms with Crippen molar-refractivity contribution in [3.05, 3.63) is 77.4 Å². The number of hydrogen-bond donors (Lipinski definition) is 1. The molecule has 176 valence electrons. The molecule has 0 saturated heterocycles. The third-order valence-corrected chi connectivity index (χ3v) is 4.82. The largest absolute Gasteiger partial charge is 0.489 e. The van der Waals surface area contributed by atoms with Crippen molar-refractivity contribution in [1.82, 2.24) is 0 Å². The lowest BCUT2D eigenvalue weighted by Crippen LogP contribution is -2.13. The van der Waals surface area contributed by atoms with Crippen LogP contribution in [0.5, 0.6) is 5.75 Å². The molecule has 0 atom stereocenters. The van der Waals surface area contributed by atoms with Crippen molar-refractivity contribution in [2.45, 2.75) is 40.2 Å². The summed E-state index contributed by atoms with van der Waals surface area (Å²) in [4.78, 5) is 23.6. The van der Waals surface area contributed by atoms with E-state index in [1.54, 1.807) is 13.8 Å². The Morgan fingerprint density at radius 1 is 0.939 bits per heavy atom. The van der Waals surface area contributed by atoms with Crippen LogP contribution in [0.1, 0.15) is 37.0 Å². The summed E-state index contributed by atoms with van der Waals surface area (Å²) >= 11 is 0. The predicted molar refractivity (Wildman–Crippen MR) is 128 cm³/mol. The van der Waals surface area contributed by atoms with Gasteiger partial charge in [-0.3, -0.25) is 0 Å². The molecular weight excluding hydrogens is 420 g/mol. The Balaban J connectivity index is 2.34. The summed E-state index contributed by atoms with van der Waals surface area (Å²) in [7, 11) is 0. The van der Waals surface area contributed by atoms with Gasteiger partial charge in [-0.25, -0.2) is 9.59 Å². The van der Waals surface area contributed by atoms with Gasteiger partial charge in [0.1, 0.15) is 25.6 Å². The molecule has 2 rings (SSSR count). The zero-order valence-electron chi connectivity index (χ0n) is 19.6. The number of ether oxygens (including phenoxy) is 3. The first-order chi connectivity index (χ1) is 15.7. The maximum absolute atomic E-state index is 12.0. The van der Waals surface area contributed by atoms with Crippen molar-refractivity contribution >= 4 is 11.9 Å². The van der Waals surface area contributed by atoms with Crippen molar-refractivity contribution in [1.29, 1.82) is 0 Å². The van der Waals surface area contributed by atoms with Gasteiger partial charge in [0.15, 0.2) is 0 Å². The van der Waals surface area contributed by atoms with E-state index in [0.717, 1.165) is 34.2 Å². The average Bonchev–Trinajstić information content (AvgIpc) is 2.78. The summed E-state index contributed by atoms with van der Waals surface area (Å²) in [5.41, 5.74) is 5.20. The van der Waals surface area contributed by atoms with E-state index in [0.29, 0.717) is 23.3 Å². The number of benzene rings is 2. The molecule has 0 radical (unpaired) electrons. The molecule has 6 heteroatoms. The number of aliphatic hydroxyl groups is 1. The van der Waals surface area contributed by atoms with Gasteiger partial charge in [0.05, 0.1) is 0 Å². The highest BCUT2D eigenvalue weighted by Crippen LogP contribution is 2.36. The number of esters is 2. The van der Waals surface area contributed by atoms with Crippen molar-refractivity contribution in [3.63, 3.8) is 0 Å². The van der Waals surface area contributed by atoms with Crippen molar-refractivity contribution in [3.8, 4) is 16.9 Å². The lowest BCUT2D eigenvalue weighted by atomic mass is 9.95. The lowest BCUT2D eigenvalue weighted by molar-refractivity contribution is -0.140. The summed E-state index contributed by atoms with van der Waals surface area (Å²) in [5, 5.41) is 9.07. The van der Waals surface area contributed by atoms with Crippen LogP contribution in [-0.4, -0.2) is 36.9 Å². The van der Waals surface area contributed by atoms with E-state index in [1.807, 2.05) is 43.3 Å². The second-order valence-electron chi connectivity index (χ2n) is 7.94. The van der Waals surface area contributed by atoms with Crippen molar-refractivity contribution < 1.29 is 28.9 Å². The Morgan fingerprint density at radius 2 is 1.58 bits per heavy atom. The molecule has 2 aromatic carbocycles. The second kappa shape index (κ2) is 12.6. The number of rotatable bonds is 12. The first kappa shape index (κ1) is 25.9. The minimum atomic E-state index is -0.464. The van der Waals surface area contributed by atoms with E-state index in [9.17, 15) is 9.59 Å². The standard InChI is InChI=1S/C27H32O6/c1-18(2)26(29)32-14-13-31-24-16-20(5)15-23(17-33-27(30)19(3)4)25(24)22-10-8-21(9-11-22)7-6-12-28/h8-11,15-16,28H,1,3,6-7,12-14,17H2,2,4-5H3. The molecule has 33 heavy (non-hydrogen) atoms. The van der Waals surface area contributed by atoms with Gasteiger partial charge in [-0.15, -0.1) is 0 Å². The van der Waals surface area contributed by atoms with Crippen LogP contribution in [-0.2, 0) is 32.1 Å². The van der Waals surface area contributed by atoms with E-state index in [2.05, 4.69) is 13.2 Å². The van der Waals surface area contributed by atoms with E-state index >= 15 is 0 Å². The highest BCUT2D eigenvalue weighted by molar-refractivity contribution is 5.87. The molecule has 0 heterocycles. The van der Waals surface area contributed by atoms with E-state index in [1.165, 1.54) is 0 Å². The highest BCUT2D eigenvalue weighted by Gasteiger charge is 2.16. The Labute approximate surface area is 195 Å². The SMILES string of the molecule is C=C(C)C(=O)OCCOc1cc(C)cc(COC(=O)C(=C)C)c1-c1ccc(CCCO)cc1. The molecule has 0 aromatic heterocycles. The van der Waals surface area contributed by atoms with Gasteiger partial charge in [-0.05, 0) is 56.4 Å². The number of aryl methyl sites for hydroxylation is 2. The molecule has 0 amide bonds. The topological polar surface area (TPSA) is 82.1 Å². The van der Waals surface area contributed by atoms with Crippen LogP contribution >= 0.6 is 0 Å². The van der Waals surface area contributed by atoms with Crippen molar-refractivity contribution in [2.75, 3.05) is 19.8 Å². The fourth-order valence-electron chi connectivity index (χ4n) is 3.18. The van der Waals surface area contributed by atoms with Crippen LogP contribution < -0.4 is 4.74 Å². The number of hydrogen-bond acceptors (Lipinski definition) is 6. The lowest BCUT2D eigenvalue weighted by Gasteiger charge is -2.18. The van der Waals surface area contributed by atoms with Gasteiger partial charge in [-0.1, -0.05) is 43.5 Å². The normalized spacial score (nSPS) is 10.4. The zero-order valence-corrected chi connectivity index (χ0v) is 19.6. The third-order valence-electron chi connectivity index (χ3n) is 4.82. The minimum absolute atomic E-state index is 0.0655. The molecular formula is C27H32O6. The number of carbonyl (C=O) groups is 2. The molecule has 6 nitrogen and oxygen atoms in total. The summed E-state index contributed by atoms with van der Waals surface area (Å²) in [5.74, 6) is -0.323. The first-order valence-corrected chi connectivity index (χ1v) is 10.8. The van der Waals surface area contributed by atoms with Crippen molar-refractivity contribution in [2.24, 2.45) is 0 Å². The molecule has 0 aliphatic heterocycles. The van der Waals surface area contributed by atoms with Gasteiger partial charge in [-0.2, -0.15) is 0 Å². The minimum Gasteiger partial charge on any atom is -0.489 e. The quantitative estimate of drug-likeness (QED) is 0.285. The molecule has 0 bridgehead atoms. The van der Waals surface area contributed by atoms with E-state index in [4.69, 9.17) is 19.3 Å². The fraction of sp³-hybridized carbons (Fsp3) is 0.333. The van der Waals surface area contributed by atoms with E-state index in [-0.39, 0.29) is 26.4 Å². The summed E-state index contributed by atoms with van der Waals surface area (Å²) < 4.78 is 16.5. The van der Waals surface area contributed by atoms with Gasteiger partial charge < -0.3 is 19.3 Å². The van der Waals surface area contributed by atoms with Crippen LogP contribution in [0.3, 0.4) is 0 Å². The second-order valence-corrected chi connectivity index (χ2v) is 7.94. The average molecular weight is 453 g/mol. The monoisotopic (exact) mass is 452 g/mol.